The standard InChI is InChI=1S/C23H25FN4O2/c1-23(2,30)9-7-14-3-5-19-17(11-14)21(26-16-8-10-25-13-16)28-22(27-19)18-12-15(24)4-6-20(18)29/h3-6,11-12,25,29-30H,7-10,13H2,1-2H3. The monoisotopic (exact) mass is 408 g/mol. The Balaban J connectivity index is 1.84. The van der Waals surface area contributed by atoms with E-state index in [4.69, 9.17) is 4.99 Å². The molecule has 0 bridgehead atoms. The predicted molar refractivity (Wildman–Crippen MR) is 116 cm³/mol. The normalized spacial score (nSPS) is 15.9. The highest BCUT2D eigenvalue weighted by atomic mass is 19.1. The van der Waals surface area contributed by atoms with Gasteiger partial charge in [0.25, 0.3) is 0 Å². The summed E-state index contributed by atoms with van der Waals surface area (Å²) in [6.07, 6.45) is 2.18. The molecule has 1 fully saturated rings. The van der Waals surface area contributed by atoms with Gasteiger partial charge < -0.3 is 15.5 Å². The first kappa shape index (κ1) is 20.4. The van der Waals surface area contributed by atoms with Gasteiger partial charge in [-0.2, -0.15) is 0 Å². The molecule has 1 aliphatic heterocycles. The highest BCUT2D eigenvalue weighted by molar-refractivity contribution is 5.96. The van der Waals surface area contributed by atoms with Crippen LogP contribution < -0.4 is 5.32 Å². The van der Waals surface area contributed by atoms with E-state index in [-0.39, 0.29) is 17.1 Å². The van der Waals surface area contributed by atoms with Crippen molar-refractivity contribution in [1.29, 1.82) is 0 Å². The van der Waals surface area contributed by atoms with Crippen LogP contribution >= 0.6 is 0 Å². The van der Waals surface area contributed by atoms with Gasteiger partial charge in [0.1, 0.15) is 11.6 Å². The minimum atomic E-state index is -0.747. The number of phenols is 1. The lowest BCUT2D eigenvalue weighted by Crippen LogP contribution is -2.19. The summed E-state index contributed by atoms with van der Waals surface area (Å²) in [6.45, 7) is 5.15. The molecule has 0 unspecified atom stereocenters. The van der Waals surface area contributed by atoms with Gasteiger partial charge in [0, 0.05) is 24.2 Å². The van der Waals surface area contributed by atoms with Gasteiger partial charge in [-0.05, 0) is 69.0 Å². The first-order valence-corrected chi connectivity index (χ1v) is 10.1. The number of halogens is 1. The largest absolute Gasteiger partial charge is 0.507 e. The van der Waals surface area contributed by atoms with Crippen LogP contribution in [-0.2, 0) is 6.42 Å². The maximum absolute atomic E-state index is 13.8. The van der Waals surface area contributed by atoms with Crippen molar-refractivity contribution in [2.75, 3.05) is 13.1 Å². The molecule has 0 radical (unpaired) electrons. The molecule has 2 heterocycles. The molecule has 4 rings (SSSR count). The van der Waals surface area contributed by atoms with E-state index in [1.165, 1.54) is 18.2 Å². The molecule has 1 aromatic heterocycles. The highest BCUT2D eigenvalue weighted by Crippen LogP contribution is 2.33. The fraction of sp³-hybridized carbons (Fsp3) is 0.348. The number of fused-ring (bicyclic) bond motifs is 1. The Morgan fingerprint density at radius 1 is 1.17 bits per heavy atom. The van der Waals surface area contributed by atoms with Gasteiger partial charge in [-0.3, -0.25) is 0 Å². The van der Waals surface area contributed by atoms with E-state index in [1.54, 1.807) is 13.8 Å². The van der Waals surface area contributed by atoms with Crippen LogP contribution in [0.4, 0.5) is 10.2 Å². The van der Waals surface area contributed by atoms with Crippen LogP contribution in [0.15, 0.2) is 41.4 Å². The van der Waals surface area contributed by atoms with Crippen LogP contribution in [-0.4, -0.2) is 44.6 Å². The van der Waals surface area contributed by atoms with E-state index >= 15 is 0 Å². The van der Waals surface area contributed by atoms with Crippen molar-refractivity contribution < 1.29 is 14.6 Å². The molecule has 3 aromatic rings. The molecule has 0 saturated carbocycles. The quantitative estimate of drug-likeness (QED) is 0.595. The van der Waals surface area contributed by atoms with Gasteiger partial charge in [-0.25, -0.2) is 19.4 Å². The lowest BCUT2D eigenvalue weighted by atomic mass is 9.98. The zero-order valence-electron chi connectivity index (χ0n) is 17.1. The molecule has 1 saturated heterocycles. The van der Waals surface area contributed by atoms with Gasteiger partial charge >= 0.3 is 0 Å². The molecule has 0 atom stereocenters. The van der Waals surface area contributed by atoms with Gasteiger partial charge in [0.15, 0.2) is 11.6 Å². The third kappa shape index (κ3) is 4.63. The lowest BCUT2D eigenvalue weighted by molar-refractivity contribution is 0.0714. The van der Waals surface area contributed by atoms with Crippen molar-refractivity contribution in [2.45, 2.75) is 38.7 Å². The third-order valence-electron chi connectivity index (χ3n) is 5.15. The number of nitrogens with zero attached hydrogens (tertiary/aromatic N) is 3. The number of aliphatic hydroxyl groups is 1. The Bertz CT molecular complexity index is 1110. The van der Waals surface area contributed by atoms with Crippen molar-refractivity contribution in [3.05, 3.63) is 47.8 Å². The first-order chi connectivity index (χ1) is 14.3. The van der Waals surface area contributed by atoms with Crippen molar-refractivity contribution >= 4 is 22.4 Å². The van der Waals surface area contributed by atoms with Crippen molar-refractivity contribution in [1.82, 2.24) is 15.3 Å². The molecule has 6 nitrogen and oxygen atoms in total. The summed E-state index contributed by atoms with van der Waals surface area (Å²) in [6, 6.07) is 9.56. The topological polar surface area (TPSA) is 90.6 Å². The number of benzene rings is 2. The molecule has 0 amide bonds. The van der Waals surface area contributed by atoms with E-state index in [0.717, 1.165) is 29.6 Å². The first-order valence-electron chi connectivity index (χ1n) is 10.1. The van der Waals surface area contributed by atoms with Gasteiger partial charge in [-0.1, -0.05) is 6.07 Å². The van der Waals surface area contributed by atoms with Crippen molar-refractivity contribution in [2.24, 2.45) is 4.99 Å². The summed E-state index contributed by atoms with van der Waals surface area (Å²) in [7, 11) is 0. The molecule has 2 aromatic carbocycles. The van der Waals surface area contributed by atoms with E-state index in [0.29, 0.717) is 30.7 Å². The highest BCUT2D eigenvalue weighted by Gasteiger charge is 2.17. The van der Waals surface area contributed by atoms with Crippen LogP contribution in [0.2, 0.25) is 0 Å². The summed E-state index contributed by atoms with van der Waals surface area (Å²) >= 11 is 0. The molecular formula is C23H25FN4O2. The zero-order valence-corrected chi connectivity index (χ0v) is 17.1. The maximum atomic E-state index is 13.8. The van der Waals surface area contributed by atoms with Crippen LogP contribution in [0.3, 0.4) is 0 Å². The lowest BCUT2D eigenvalue weighted by Gasteiger charge is -2.17. The van der Waals surface area contributed by atoms with Crippen LogP contribution in [0.5, 0.6) is 5.75 Å². The fourth-order valence-electron chi connectivity index (χ4n) is 3.46. The Morgan fingerprint density at radius 3 is 2.73 bits per heavy atom. The smallest absolute Gasteiger partial charge is 0.166 e. The summed E-state index contributed by atoms with van der Waals surface area (Å²) in [5.74, 6) is 0.177. The zero-order chi connectivity index (χ0) is 21.3. The van der Waals surface area contributed by atoms with Crippen molar-refractivity contribution in [3.8, 4) is 17.1 Å². The van der Waals surface area contributed by atoms with Crippen LogP contribution in [0.1, 0.15) is 32.3 Å². The van der Waals surface area contributed by atoms with E-state index in [9.17, 15) is 14.6 Å². The minimum Gasteiger partial charge on any atom is -0.507 e. The second-order valence-corrected chi connectivity index (χ2v) is 8.30. The van der Waals surface area contributed by atoms with E-state index in [2.05, 4.69) is 15.3 Å². The van der Waals surface area contributed by atoms with Crippen LogP contribution in [0, 0.1) is 5.82 Å². The number of phenolic OH excluding ortho intramolecular Hbond substituents is 1. The second-order valence-electron chi connectivity index (χ2n) is 8.30. The Kier molecular flexibility index (Phi) is 5.49. The molecule has 156 valence electrons. The second kappa shape index (κ2) is 8.08. The van der Waals surface area contributed by atoms with E-state index < -0.39 is 11.4 Å². The van der Waals surface area contributed by atoms with Crippen molar-refractivity contribution in [3.63, 3.8) is 0 Å². The van der Waals surface area contributed by atoms with E-state index in [1.807, 2.05) is 18.2 Å². The Hall–Kier alpha value is -2.90. The SMILES string of the molecule is CC(C)(O)CCc1ccc2nc(-c3cc(F)ccc3O)nc(N=C3CCNC3)c2c1. The summed E-state index contributed by atoms with van der Waals surface area (Å²) in [5, 5.41) is 24.3. The number of rotatable bonds is 5. The maximum Gasteiger partial charge on any atom is 0.166 e. The Morgan fingerprint density at radius 2 is 2.00 bits per heavy atom. The molecule has 0 spiro atoms. The molecular weight excluding hydrogens is 383 g/mol. The average Bonchev–Trinajstić information content (AvgIpc) is 3.20. The number of aliphatic imine (C=N–C) groups is 1. The molecule has 30 heavy (non-hydrogen) atoms. The number of aryl methyl sites for hydroxylation is 1. The summed E-state index contributed by atoms with van der Waals surface area (Å²) in [4.78, 5) is 13.9. The minimum absolute atomic E-state index is 0.0846. The summed E-state index contributed by atoms with van der Waals surface area (Å²) < 4.78 is 13.8. The average molecular weight is 408 g/mol. The number of aromatic nitrogens is 2. The predicted octanol–water partition coefficient (Wildman–Crippen LogP) is 3.91. The molecule has 1 aliphatic rings. The number of hydrogen-bond donors (Lipinski definition) is 3. The molecule has 7 heteroatoms. The van der Waals surface area contributed by atoms with Gasteiger partial charge in [0.05, 0.1) is 16.7 Å². The van der Waals surface area contributed by atoms with Gasteiger partial charge in [-0.15, -0.1) is 0 Å². The van der Waals surface area contributed by atoms with Crippen LogP contribution in [0.25, 0.3) is 22.3 Å². The third-order valence-corrected chi connectivity index (χ3v) is 5.15. The van der Waals surface area contributed by atoms with Gasteiger partial charge in [0.2, 0.25) is 0 Å². The molecule has 3 N–H and O–H groups in total. The number of hydrogen-bond acceptors (Lipinski definition) is 6. The number of aromatic hydroxyl groups is 1. The fourth-order valence-corrected chi connectivity index (χ4v) is 3.46. The number of nitrogens with one attached hydrogen (secondary N) is 1. The Labute approximate surface area is 174 Å². The molecule has 0 aliphatic carbocycles. The summed E-state index contributed by atoms with van der Waals surface area (Å²) in [5.41, 5.74) is 2.20.